The number of piperazine rings is 1. The number of hydrogen-bond acceptors (Lipinski definition) is 8. The highest BCUT2D eigenvalue weighted by molar-refractivity contribution is 5.93. The van der Waals surface area contributed by atoms with Gasteiger partial charge in [-0.2, -0.15) is 0 Å². The zero-order chi connectivity index (χ0) is 19.0. The van der Waals surface area contributed by atoms with Crippen molar-refractivity contribution in [2.24, 2.45) is 0 Å². The molecule has 4 rings (SSSR count). The molecule has 1 aromatic rings. The topological polar surface area (TPSA) is 127 Å². The summed E-state index contributed by atoms with van der Waals surface area (Å²) in [6.45, 7) is 2.94. The predicted octanol–water partition coefficient (Wildman–Crippen LogP) is -0.702. The van der Waals surface area contributed by atoms with E-state index in [-0.39, 0.29) is 42.6 Å². The van der Waals surface area contributed by atoms with Crippen LogP contribution in [0.1, 0.15) is 10.4 Å². The lowest BCUT2D eigenvalue weighted by Gasteiger charge is -2.38. The molecule has 1 aromatic heterocycles. The van der Waals surface area contributed by atoms with Crippen LogP contribution in [0.15, 0.2) is 23.1 Å². The van der Waals surface area contributed by atoms with Crippen LogP contribution in [0.2, 0.25) is 0 Å². The number of fused-ring (bicyclic) bond motifs is 1. The van der Waals surface area contributed by atoms with Gasteiger partial charge in [0.15, 0.2) is 6.10 Å². The number of amides is 1. The average molecular weight is 417 g/mol. The Morgan fingerprint density at radius 1 is 1.18 bits per heavy atom. The van der Waals surface area contributed by atoms with E-state index in [1.54, 1.807) is 4.90 Å². The SMILES string of the molecule is Cl.O=C(c1ccc(=O)[nH]c1)N1CCN([C@H]2CO[C@H]3[C@@H]2OC[C@@H]3O[N+](=O)[O-])CC1. The quantitative estimate of drug-likeness (QED) is 0.504. The molecule has 154 valence electrons. The van der Waals surface area contributed by atoms with Crippen molar-refractivity contribution in [3.05, 3.63) is 44.4 Å². The Morgan fingerprint density at radius 3 is 2.54 bits per heavy atom. The van der Waals surface area contributed by atoms with Gasteiger partial charge in [0.2, 0.25) is 5.56 Å². The van der Waals surface area contributed by atoms with Crippen molar-refractivity contribution in [2.45, 2.75) is 24.4 Å². The second-order valence-corrected chi connectivity index (χ2v) is 6.80. The Hall–Kier alpha value is -2.21. The van der Waals surface area contributed by atoms with E-state index in [1.807, 2.05) is 0 Å². The van der Waals surface area contributed by atoms with Gasteiger partial charge in [-0.25, -0.2) is 0 Å². The number of aromatic amines is 1. The molecular weight excluding hydrogens is 396 g/mol. The number of carbonyl (C=O) groups is 1. The van der Waals surface area contributed by atoms with Crippen molar-refractivity contribution >= 4 is 18.3 Å². The number of halogens is 1. The molecule has 28 heavy (non-hydrogen) atoms. The number of aromatic nitrogens is 1. The van der Waals surface area contributed by atoms with Gasteiger partial charge in [-0.1, -0.05) is 0 Å². The minimum atomic E-state index is -0.811. The lowest BCUT2D eigenvalue weighted by Crippen LogP contribution is -2.55. The molecular formula is C16H21ClN4O7. The molecule has 0 aliphatic carbocycles. The van der Waals surface area contributed by atoms with E-state index in [0.717, 1.165) is 0 Å². The predicted molar refractivity (Wildman–Crippen MR) is 96.9 cm³/mol. The van der Waals surface area contributed by atoms with Crippen molar-refractivity contribution in [3.8, 4) is 0 Å². The fourth-order valence-corrected chi connectivity index (χ4v) is 3.94. The third-order valence-electron chi connectivity index (χ3n) is 5.30. The Bertz CT molecular complexity index is 762. The molecule has 11 nitrogen and oxygen atoms in total. The van der Waals surface area contributed by atoms with Crippen molar-refractivity contribution in [1.82, 2.24) is 14.8 Å². The molecule has 3 aliphatic rings. The van der Waals surface area contributed by atoms with Crippen molar-refractivity contribution in [2.75, 3.05) is 39.4 Å². The number of carbonyl (C=O) groups excluding carboxylic acids is 1. The lowest BCUT2D eigenvalue weighted by atomic mass is 10.1. The molecule has 1 N–H and O–H groups in total. The maximum Gasteiger partial charge on any atom is 0.294 e. The van der Waals surface area contributed by atoms with Gasteiger partial charge in [-0.05, 0) is 6.07 Å². The second kappa shape index (κ2) is 8.43. The van der Waals surface area contributed by atoms with E-state index < -0.39 is 17.3 Å². The molecule has 0 saturated carbocycles. The van der Waals surface area contributed by atoms with Crippen LogP contribution in [0, 0.1) is 10.1 Å². The molecule has 4 atom stereocenters. The Morgan fingerprint density at radius 2 is 1.89 bits per heavy atom. The first kappa shape index (κ1) is 20.5. The zero-order valence-electron chi connectivity index (χ0n) is 14.9. The fraction of sp³-hybridized carbons (Fsp3) is 0.625. The smallest absolute Gasteiger partial charge is 0.294 e. The summed E-state index contributed by atoms with van der Waals surface area (Å²) in [5.74, 6) is -0.122. The number of rotatable bonds is 4. The normalized spacial score (nSPS) is 29.8. The summed E-state index contributed by atoms with van der Waals surface area (Å²) in [5, 5.41) is 9.76. The zero-order valence-corrected chi connectivity index (χ0v) is 15.7. The molecule has 0 bridgehead atoms. The summed E-state index contributed by atoms with van der Waals surface area (Å²) < 4.78 is 11.4. The highest BCUT2D eigenvalue weighted by atomic mass is 35.5. The van der Waals surface area contributed by atoms with Gasteiger partial charge in [-0.15, -0.1) is 22.5 Å². The first-order chi connectivity index (χ1) is 13.0. The summed E-state index contributed by atoms with van der Waals surface area (Å²) in [6.07, 6.45) is 0.0181. The summed E-state index contributed by atoms with van der Waals surface area (Å²) in [7, 11) is 0. The van der Waals surface area contributed by atoms with E-state index in [9.17, 15) is 19.7 Å². The summed E-state index contributed by atoms with van der Waals surface area (Å²) >= 11 is 0. The van der Waals surface area contributed by atoms with Crippen molar-refractivity contribution in [1.29, 1.82) is 0 Å². The monoisotopic (exact) mass is 416 g/mol. The number of ether oxygens (including phenoxy) is 2. The molecule has 0 radical (unpaired) electrons. The molecule has 4 heterocycles. The maximum absolute atomic E-state index is 12.5. The van der Waals surface area contributed by atoms with E-state index in [4.69, 9.17) is 9.47 Å². The molecule has 3 fully saturated rings. The molecule has 3 aliphatic heterocycles. The van der Waals surface area contributed by atoms with E-state index in [0.29, 0.717) is 38.3 Å². The molecule has 12 heteroatoms. The Balaban J connectivity index is 0.00000225. The fourth-order valence-electron chi connectivity index (χ4n) is 3.94. The number of nitrogens with one attached hydrogen (secondary N) is 1. The Kier molecular flexibility index (Phi) is 6.18. The first-order valence-electron chi connectivity index (χ1n) is 8.79. The van der Waals surface area contributed by atoms with Crippen LogP contribution in [0.25, 0.3) is 0 Å². The third-order valence-corrected chi connectivity index (χ3v) is 5.30. The standard InChI is InChI=1S/C16H20N4O7.ClH/c21-13-2-1-10(7-17-13)16(22)19-5-3-18(4-6-19)11-8-25-15-12(27-20(23)24)9-26-14(11)15;/h1-2,7,11-12,14-15H,3-6,8-9H2,(H,17,21);1H/t11-,12-,14+,15+;/m0./s1. The van der Waals surface area contributed by atoms with Gasteiger partial charge < -0.3 is 24.2 Å². The van der Waals surface area contributed by atoms with Crippen LogP contribution in [0.3, 0.4) is 0 Å². The molecule has 0 spiro atoms. The average Bonchev–Trinajstić information content (AvgIpc) is 3.25. The Labute approximate surface area is 166 Å². The van der Waals surface area contributed by atoms with Crippen LogP contribution in [0.5, 0.6) is 0 Å². The van der Waals surface area contributed by atoms with Crippen LogP contribution in [0.4, 0.5) is 0 Å². The maximum atomic E-state index is 12.5. The molecule has 3 saturated heterocycles. The van der Waals surface area contributed by atoms with Crippen LogP contribution in [-0.2, 0) is 14.3 Å². The van der Waals surface area contributed by atoms with E-state index in [2.05, 4.69) is 14.7 Å². The number of hydrogen-bond donors (Lipinski definition) is 1. The van der Waals surface area contributed by atoms with Crippen molar-refractivity contribution in [3.63, 3.8) is 0 Å². The first-order valence-corrected chi connectivity index (χ1v) is 8.79. The van der Waals surface area contributed by atoms with Gasteiger partial charge >= 0.3 is 0 Å². The van der Waals surface area contributed by atoms with Crippen LogP contribution in [-0.4, -0.2) is 89.5 Å². The van der Waals surface area contributed by atoms with Gasteiger partial charge in [0.05, 0.1) is 24.8 Å². The van der Waals surface area contributed by atoms with Crippen LogP contribution >= 0.6 is 12.4 Å². The largest absolute Gasteiger partial charge is 0.371 e. The van der Waals surface area contributed by atoms with Gasteiger partial charge in [0.1, 0.15) is 12.2 Å². The van der Waals surface area contributed by atoms with E-state index >= 15 is 0 Å². The highest BCUT2D eigenvalue weighted by Crippen LogP contribution is 2.32. The number of H-pyrrole nitrogens is 1. The third kappa shape index (κ3) is 3.97. The lowest BCUT2D eigenvalue weighted by molar-refractivity contribution is -0.769. The highest BCUT2D eigenvalue weighted by Gasteiger charge is 2.51. The summed E-state index contributed by atoms with van der Waals surface area (Å²) in [4.78, 5) is 45.3. The van der Waals surface area contributed by atoms with Gasteiger partial charge in [-0.3, -0.25) is 14.5 Å². The molecule has 1 amide bonds. The van der Waals surface area contributed by atoms with Gasteiger partial charge in [0, 0.05) is 38.4 Å². The minimum Gasteiger partial charge on any atom is -0.371 e. The molecule has 0 aromatic carbocycles. The summed E-state index contributed by atoms with van der Waals surface area (Å²) in [6, 6.07) is 2.84. The number of pyridine rings is 1. The van der Waals surface area contributed by atoms with Gasteiger partial charge in [0.25, 0.3) is 11.0 Å². The molecule has 0 unspecified atom stereocenters. The summed E-state index contributed by atoms with van der Waals surface area (Å²) in [5.41, 5.74) is 0.203. The van der Waals surface area contributed by atoms with Crippen molar-refractivity contribution < 1.29 is 24.2 Å². The van der Waals surface area contributed by atoms with E-state index in [1.165, 1.54) is 18.3 Å². The van der Waals surface area contributed by atoms with Crippen LogP contribution < -0.4 is 5.56 Å². The second-order valence-electron chi connectivity index (χ2n) is 6.80. The number of nitrogens with zero attached hydrogens (tertiary/aromatic N) is 3. The minimum absolute atomic E-state index is 0.